The minimum absolute atomic E-state index is 0.198. The molecule has 0 aromatic heterocycles. The van der Waals surface area contributed by atoms with Crippen molar-refractivity contribution in [3.05, 3.63) is 60.8 Å². The monoisotopic (exact) mass is 1010 g/mol. The summed E-state index contributed by atoms with van der Waals surface area (Å²) >= 11 is 0. The summed E-state index contributed by atoms with van der Waals surface area (Å²) in [5.74, 6) is -0.198. The summed E-state index contributed by atoms with van der Waals surface area (Å²) in [4.78, 5) is 13.0. The normalized spacial score (nSPS) is 19.6. The molecule has 0 aromatic rings. The van der Waals surface area contributed by atoms with E-state index in [1.165, 1.54) is 193 Å². The molecule has 0 aromatic carbocycles. The Labute approximate surface area is 443 Å². The zero-order valence-corrected chi connectivity index (χ0v) is 46.7. The van der Waals surface area contributed by atoms with Crippen LogP contribution in [0.2, 0.25) is 0 Å². The highest BCUT2D eigenvalue weighted by Gasteiger charge is 2.44. The molecule has 420 valence electrons. The summed E-state index contributed by atoms with van der Waals surface area (Å²) in [5, 5.41) is 54.5. The van der Waals surface area contributed by atoms with Crippen LogP contribution in [0.1, 0.15) is 277 Å². The number of nitrogens with one attached hydrogen (secondary N) is 1. The second-order valence-electron chi connectivity index (χ2n) is 21.1. The van der Waals surface area contributed by atoms with Gasteiger partial charge in [-0.1, -0.05) is 261 Å². The number of rotatable bonds is 52. The first kappa shape index (κ1) is 67.9. The van der Waals surface area contributed by atoms with Crippen molar-refractivity contribution >= 4 is 5.91 Å². The van der Waals surface area contributed by atoms with Crippen LogP contribution in [0.15, 0.2) is 60.8 Å². The highest BCUT2D eigenvalue weighted by molar-refractivity contribution is 5.76. The smallest absolute Gasteiger partial charge is 0.220 e. The number of allylic oxidation sites excluding steroid dienone is 9. The van der Waals surface area contributed by atoms with Crippen molar-refractivity contribution in [1.29, 1.82) is 0 Å². The van der Waals surface area contributed by atoms with Gasteiger partial charge in [-0.15, -0.1) is 0 Å². The number of aliphatic hydroxyl groups is 5. The second-order valence-corrected chi connectivity index (χ2v) is 21.1. The van der Waals surface area contributed by atoms with Gasteiger partial charge in [0.05, 0.1) is 25.4 Å². The van der Waals surface area contributed by atoms with Crippen LogP contribution in [0.3, 0.4) is 0 Å². The van der Waals surface area contributed by atoms with E-state index in [2.05, 4.69) is 67.8 Å². The van der Waals surface area contributed by atoms with Crippen LogP contribution in [0.25, 0.3) is 0 Å². The lowest BCUT2D eigenvalue weighted by atomic mass is 9.99. The predicted octanol–water partition coefficient (Wildman–Crippen LogP) is 15.5. The summed E-state index contributed by atoms with van der Waals surface area (Å²) < 4.78 is 11.3. The van der Waals surface area contributed by atoms with Crippen LogP contribution in [0.4, 0.5) is 0 Å². The van der Waals surface area contributed by atoms with Crippen molar-refractivity contribution in [2.45, 2.75) is 320 Å². The van der Waals surface area contributed by atoms with Gasteiger partial charge in [0.15, 0.2) is 6.29 Å². The lowest BCUT2D eigenvalue weighted by Crippen LogP contribution is -2.60. The molecule has 1 saturated heterocycles. The molecule has 6 N–H and O–H groups in total. The molecule has 1 aliphatic heterocycles. The van der Waals surface area contributed by atoms with E-state index in [1.54, 1.807) is 6.08 Å². The fourth-order valence-electron chi connectivity index (χ4n) is 9.48. The first-order chi connectivity index (χ1) is 35.3. The average molecular weight is 1010 g/mol. The molecule has 1 heterocycles. The van der Waals surface area contributed by atoms with Gasteiger partial charge in [-0.3, -0.25) is 4.79 Å². The SMILES string of the molecule is CCCCC/C=C\C/C=C\C/C=C\CCCCCCCCC(=O)NC(COC1OC(CO)C(O)C(O)C1O)C(O)/C=C/CC/C=C/CCCCCCCCCCCCCCCCCCCCCCCCCC. The number of ether oxygens (including phenoxy) is 2. The second kappa shape index (κ2) is 52.3. The van der Waals surface area contributed by atoms with Gasteiger partial charge in [-0.2, -0.15) is 0 Å². The maximum absolute atomic E-state index is 13.0. The molecule has 0 aliphatic carbocycles. The number of unbranched alkanes of at least 4 members (excludes halogenated alkanes) is 34. The Bertz CT molecular complexity index is 1310. The van der Waals surface area contributed by atoms with E-state index in [9.17, 15) is 30.3 Å². The van der Waals surface area contributed by atoms with E-state index in [0.717, 1.165) is 64.2 Å². The van der Waals surface area contributed by atoms with E-state index < -0.39 is 49.5 Å². The van der Waals surface area contributed by atoms with Gasteiger partial charge in [0, 0.05) is 6.42 Å². The standard InChI is InChI=1S/C63H115NO8/c1-3-5-7-9-11-13-15-17-19-21-23-24-25-26-27-28-29-30-31-32-33-35-36-38-40-42-44-46-48-50-52-57(66)56(55-71-63-62(70)61(69)60(68)58(54-65)72-63)64-59(67)53-51-49-47-45-43-41-39-37-34-22-20-18-16-14-12-10-8-6-4-2/h12,14,18,20,34,37,42,44,50,52,56-58,60-63,65-66,68-70H,3-11,13,15-17,19,21-33,35-36,38-41,43,45-49,51,53-55H2,1-2H3,(H,64,67)/b14-12-,20-18-,37-34-,44-42+,52-50+. The number of hydrogen-bond donors (Lipinski definition) is 6. The minimum atomic E-state index is -1.58. The molecule has 72 heavy (non-hydrogen) atoms. The zero-order chi connectivity index (χ0) is 52.2. The minimum Gasteiger partial charge on any atom is -0.394 e. The van der Waals surface area contributed by atoms with Crippen LogP contribution in [-0.2, 0) is 14.3 Å². The van der Waals surface area contributed by atoms with Crippen molar-refractivity contribution < 1.29 is 39.8 Å². The van der Waals surface area contributed by atoms with Crippen molar-refractivity contribution in [2.75, 3.05) is 13.2 Å². The maximum atomic E-state index is 13.0. The maximum Gasteiger partial charge on any atom is 0.220 e. The molecule has 0 saturated carbocycles. The first-order valence-electron chi connectivity index (χ1n) is 30.5. The fraction of sp³-hybridized carbons (Fsp3) is 0.825. The Morgan fingerprint density at radius 3 is 1.29 bits per heavy atom. The van der Waals surface area contributed by atoms with Crippen LogP contribution < -0.4 is 5.32 Å². The van der Waals surface area contributed by atoms with Crippen LogP contribution in [0.5, 0.6) is 0 Å². The Balaban J connectivity index is 2.21. The first-order valence-corrected chi connectivity index (χ1v) is 30.5. The molecule has 9 heteroatoms. The molecular weight excluding hydrogens is 899 g/mol. The summed E-state index contributed by atoms with van der Waals surface area (Å²) in [6.07, 6.45) is 64.5. The van der Waals surface area contributed by atoms with Gasteiger partial charge >= 0.3 is 0 Å². The van der Waals surface area contributed by atoms with Gasteiger partial charge in [0.25, 0.3) is 0 Å². The van der Waals surface area contributed by atoms with Gasteiger partial charge in [-0.05, 0) is 70.6 Å². The summed E-state index contributed by atoms with van der Waals surface area (Å²) in [5.41, 5.74) is 0. The highest BCUT2D eigenvalue weighted by atomic mass is 16.7. The Kier molecular flexibility index (Phi) is 49.4. The molecular formula is C63H115NO8. The molecule has 9 nitrogen and oxygen atoms in total. The predicted molar refractivity (Wildman–Crippen MR) is 304 cm³/mol. The van der Waals surface area contributed by atoms with E-state index in [4.69, 9.17) is 9.47 Å². The molecule has 7 atom stereocenters. The van der Waals surface area contributed by atoms with E-state index >= 15 is 0 Å². The number of carbonyl (C=O) groups excluding carboxylic acids is 1. The molecule has 0 spiro atoms. The number of aliphatic hydroxyl groups excluding tert-OH is 5. The lowest BCUT2D eigenvalue weighted by molar-refractivity contribution is -0.302. The van der Waals surface area contributed by atoms with Gasteiger partial charge in [0.2, 0.25) is 5.91 Å². The Hall–Kier alpha value is -2.11. The van der Waals surface area contributed by atoms with Crippen LogP contribution in [-0.4, -0.2) is 87.5 Å². The molecule has 1 fully saturated rings. The average Bonchev–Trinajstić information content (AvgIpc) is 3.38. The topological polar surface area (TPSA) is 149 Å². The molecule has 1 amide bonds. The fourth-order valence-corrected chi connectivity index (χ4v) is 9.48. The van der Waals surface area contributed by atoms with Crippen molar-refractivity contribution in [3.8, 4) is 0 Å². The summed E-state index contributed by atoms with van der Waals surface area (Å²) in [6.45, 7) is 3.75. The molecule has 1 aliphatic rings. The van der Waals surface area contributed by atoms with Crippen molar-refractivity contribution in [2.24, 2.45) is 0 Å². The molecule has 7 unspecified atom stereocenters. The summed E-state index contributed by atoms with van der Waals surface area (Å²) in [7, 11) is 0. The third-order valence-electron chi connectivity index (χ3n) is 14.3. The lowest BCUT2D eigenvalue weighted by Gasteiger charge is -2.40. The van der Waals surface area contributed by atoms with Gasteiger partial charge in [0.1, 0.15) is 24.4 Å². The number of amides is 1. The third kappa shape index (κ3) is 41.2. The highest BCUT2D eigenvalue weighted by Crippen LogP contribution is 2.23. The summed E-state index contributed by atoms with van der Waals surface area (Å²) in [6, 6.07) is -0.832. The molecule has 1 rings (SSSR count). The molecule has 0 radical (unpaired) electrons. The number of carbonyl (C=O) groups is 1. The van der Waals surface area contributed by atoms with Gasteiger partial charge < -0.3 is 40.3 Å². The van der Waals surface area contributed by atoms with E-state index in [-0.39, 0.29) is 12.5 Å². The van der Waals surface area contributed by atoms with E-state index in [1.807, 2.05) is 6.08 Å². The zero-order valence-electron chi connectivity index (χ0n) is 46.7. The molecule has 0 bridgehead atoms. The quantitative estimate of drug-likeness (QED) is 0.0261. The Morgan fingerprint density at radius 2 is 0.833 bits per heavy atom. The number of hydrogen-bond acceptors (Lipinski definition) is 8. The van der Waals surface area contributed by atoms with Crippen LogP contribution in [0, 0.1) is 0 Å². The van der Waals surface area contributed by atoms with Crippen molar-refractivity contribution in [1.82, 2.24) is 5.32 Å². The largest absolute Gasteiger partial charge is 0.394 e. The van der Waals surface area contributed by atoms with Gasteiger partial charge in [-0.25, -0.2) is 0 Å². The Morgan fingerprint density at radius 1 is 0.472 bits per heavy atom. The van der Waals surface area contributed by atoms with E-state index in [0.29, 0.717) is 6.42 Å². The third-order valence-corrected chi connectivity index (χ3v) is 14.3. The van der Waals surface area contributed by atoms with Crippen LogP contribution >= 0.6 is 0 Å². The van der Waals surface area contributed by atoms with Crippen molar-refractivity contribution in [3.63, 3.8) is 0 Å².